The van der Waals surface area contributed by atoms with Gasteiger partial charge in [0.25, 0.3) is 0 Å². The third-order valence-electron chi connectivity index (χ3n) is 3.19. The molecule has 0 aliphatic carbocycles. The van der Waals surface area contributed by atoms with E-state index in [1.54, 1.807) is 18.2 Å². The second kappa shape index (κ2) is 8.92. The van der Waals surface area contributed by atoms with Crippen molar-refractivity contribution < 1.29 is 19.4 Å². The van der Waals surface area contributed by atoms with Gasteiger partial charge in [-0.1, -0.05) is 32.0 Å². The highest BCUT2D eigenvalue weighted by molar-refractivity contribution is 5.85. The average Bonchev–Trinajstić information content (AvgIpc) is 2.47. The molecule has 0 spiro atoms. The van der Waals surface area contributed by atoms with Gasteiger partial charge in [0.05, 0.1) is 7.11 Å². The van der Waals surface area contributed by atoms with Gasteiger partial charge in [0.15, 0.2) is 0 Å². The standard InChI is InChI=1S/C16H24N2O4/c1-11(2)10-13(18-16(21)22-3)15(20)17-9-8-12-6-4-5-7-14(12)19/h4-7,11,13,19H,8-10H2,1-3H3,(H,17,20)(H,18,21)/t13-/m0/s1. The molecule has 0 unspecified atom stereocenters. The van der Waals surface area contributed by atoms with E-state index < -0.39 is 12.1 Å². The first kappa shape index (κ1) is 17.8. The fourth-order valence-corrected chi connectivity index (χ4v) is 2.07. The van der Waals surface area contributed by atoms with Gasteiger partial charge in [-0.05, 0) is 30.4 Å². The normalized spacial score (nSPS) is 11.8. The molecule has 0 aliphatic rings. The first-order chi connectivity index (χ1) is 10.4. The summed E-state index contributed by atoms with van der Waals surface area (Å²) in [6.45, 7) is 4.33. The molecule has 6 heteroatoms. The van der Waals surface area contributed by atoms with Crippen molar-refractivity contribution in [3.05, 3.63) is 29.8 Å². The molecule has 0 radical (unpaired) electrons. The molecule has 122 valence electrons. The van der Waals surface area contributed by atoms with Gasteiger partial charge in [-0.15, -0.1) is 0 Å². The summed E-state index contributed by atoms with van der Waals surface area (Å²) in [6, 6.07) is 6.36. The van der Waals surface area contributed by atoms with E-state index >= 15 is 0 Å². The summed E-state index contributed by atoms with van der Waals surface area (Å²) in [6.07, 6.45) is 0.421. The molecule has 0 bridgehead atoms. The molecule has 0 aliphatic heterocycles. The van der Waals surface area contributed by atoms with Gasteiger partial charge in [-0.25, -0.2) is 4.79 Å². The zero-order chi connectivity index (χ0) is 16.5. The maximum atomic E-state index is 12.2. The maximum Gasteiger partial charge on any atom is 0.407 e. The van der Waals surface area contributed by atoms with E-state index in [9.17, 15) is 14.7 Å². The Bertz CT molecular complexity index is 503. The number of hydrogen-bond donors (Lipinski definition) is 3. The van der Waals surface area contributed by atoms with Gasteiger partial charge < -0.3 is 20.5 Å². The van der Waals surface area contributed by atoms with Crippen LogP contribution >= 0.6 is 0 Å². The number of methoxy groups -OCH3 is 1. The van der Waals surface area contributed by atoms with Crippen molar-refractivity contribution in [1.29, 1.82) is 0 Å². The van der Waals surface area contributed by atoms with Crippen LogP contribution in [-0.4, -0.2) is 36.8 Å². The van der Waals surface area contributed by atoms with Crippen molar-refractivity contribution in [2.24, 2.45) is 5.92 Å². The number of phenols is 1. The molecule has 1 aromatic rings. The molecule has 1 rings (SSSR count). The Morgan fingerprint density at radius 2 is 1.95 bits per heavy atom. The van der Waals surface area contributed by atoms with E-state index in [-0.39, 0.29) is 17.6 Å². The summed E-state index contributed by atoms with van der Waals surface area (Å²) in [7, 11) is 1.26. The Morgan fingerprint density at radius 1 is 1.27 bits per heavy atom. The van der Waals surface area contributed by atoms with Crippen LogP contribution in [0.2, 0.25) is 0 Å². The molecule has 0 fully saturated rings. The highest BCUT2D eigenvalue weighted by atomic mass is 16.5. The van der Waals surface area contributed by atoms with Crippen LogP contribution in [0.25, 0.3) is 0 Å². The number of alkyl carbamates (subject to hydrolysis) is 1. The number of ether oxygens (including phenoxy) is 1. The number of para-hydroxylation sites is 1. The van der Waals surface area contributed by atoms with Gasteiger partial charge in [-0.2, -0.15) is 0 Å². The Morgan fingerprint density at radius 3 is 2.55 bits per heavy atom. The topological polar surface area (TPSA) is 87.7 Å². The zero-order valence-electron chi connectivity index (χ0n) is 13.3. The highest BCUT2D eigenvalue weighted by Gasteiger charge is 2.21. The number of benzene rings is 1. The predicted molar refractivity (Wildman–Crippen MR) is 83.6 cm³/mol. The van der Waals surface area contributed by atoms with Crippen molar-refractivity contribution in [2.75, 3.05) is 13.7 Å². The molecule has 0 aromatic heterocycles. The molecule has 0 saturated carbocycles. The minimum atomic E-state index is -0.628. The summed E-state index contributed by atoms with van der Waals surface area (Å²) < 4.78 is 4.54. The smallest absolute Gasteiger partial charge is 0.407 e. The van der Waals surface area contributed by atoms with Crippen molar-refractivity contribution in [3.63, 3.8) is 0 Å². The summed E-state index contributed by atoms with van der Waals surface area (Å²) in [5.74, 6) is 0.212. The predicted octanol–water partition coefficient (Wildman–Crippen LogP) is 1.82. The van der Waals surface area contributed by atoms with Crippen molar-refractivity contribution in [1.82, 2.24) is 10.6 Å². The van der Waals surface area contributed by atoms with Crippen molar-refractivity contribution in [3.8, 4) is 5.75 Å². The number of rotatable bonds is 7. The molecule has 1 aromatic carbocycles. The van der Waals surface area contributed by atoms with E-state index in [1.807, 2.05) is 19.9 Å². The average molecular weight is 308 g/mol. The zero-order valence-corrected chi connectivity index (χ0v) is 13.3. The number of aromatic hydroxyl groups is 1. The van der Waals surface area contributed by atoms with E-state index in [2.05, 4.69) is 15.4 Å². The van der Waals surface area contributed by atoms with Gasteiger partial charge in [0.1, 0.15) is 11.8 Å². The Kier molecular flexibility index (Phi) is 7.22. The van der Waals surface area contributed by atoms with Crippen LogP contribution in [-0.2, 0) is 16.0 Å². The van der Waals surface area contributed by atoms with Crippen LogP contribution in [0, 0.1) is 5.92 Å². The maximum absolute atomic E-state index is 12.2. The second-order valence-electron chi connectivity index (χ2n) is 5.49. The van der Waals surface area contributed by atoms with Crippen LogP contribution in [0.1, 0.15) is 25.8 Å². The van der Waals surface area contributed by atoms with Crippen LogP contribution in [0.15, 0.2) is 24.3 Å². The number of carbonyl (C=O) groups excluding carboxylic acids is 2. The molecule has 2 amide bonds. The van der Waals surface area contributed by atoms with Crippen LogP contribution in [0.3, 0.4) is 0 Å². The SMILES string of the molecule is COC(=O)N[C@@H](CC(C)C)C(=O)NCCc1ccccc1O. The van der Waals surface area contributed by atoms with Gasteiger partial charge in [-0.3, -0.25) is 4.79 Å². The molecule has 22 heavy (non-hydrogen) atoms. The molecular weight excluding hydrogens is 284 g/mol. The van der Waals surface area contributed by atoms with E-state index in [4.69, 9.17) is 0 Å². The van der Waals surface area contributed by atoms with Crippen LogP contribution in [0.5, 0.6) is 5.75 Å². The largest absolute Gasteiger partial charge is 0.508 e. The first-order valence-electron chi connectivity index (χ1n) is 7.33. The second-order valence-corrected chi connectivity index (χ2v) is 5.49. The lowest BCUT2D eigenvalue weighted by Crippen LogP contribution is -2.47. The lowest BCUT2D eigenvalue weighted by molar-refractivity contribution is -0.123. The van der Waals surface area contributed by atoms with Crippen molar-refractivity contribution >= 4 is 12.0 Å². The minimum Gasteiger partial charge on any atom is -0.508 e. The Hall–Kier alpha value is -2.24. The van der Waals surface area contributed by atoms with Crippen LogP contribution < -0.4 is 10.6 Å². The molecule has 0 saturated heterocycles. The lowest BCUT2D eigenvalue weighted by atomic mass is 10.0. The quantitative estimate of drug-likeness (QED) is 0.717. The number of carbonyl (C=O) groups is 2. The molecule has 6 nitrogen and oxygen atoms in total. The van der Waals surface area contributed by atoms with Gasteiger partial charge in [0.2, 0.25) is 5.91 Å². The fraction of sp³-hybridized carbons (Fsp3) is 0.500. The highest BCUT2D eigenvalue weighted by Crippen LogP contribution is 2.15. The summed E-state index contributed by atoms with van der Waals surface area (Å²) in [5, 5.41) is 15.0. The Labute approximate surface area is 130 Å². The summed E-state index contributed by atoms with van der Waals surface area (Å²) in [4.78, 5) is 23.5. The van der Waals surface area contributed by atoms with Crippen molar-refractivity contribution in [2.45, 2.75) is 32.7 Å². The lowest BCUT2D eigenvalue weighted by Gasteiger charge is -2.19. The third-order valence-corrected chi connectivity index (χ3v) is 3.19. The number of amides is 2. The number of nitrogens with one attached hydrogen (secondary N) is 2. The van der Waals surface area contributed by atoms with E-state index in [0.29, 0.717) is 19.4 Å². The number of phenolic OH excluding ortho intramolecular Hbond substituents is 1. The Balaban J connectivity index is 2.52. The summed E-state index contributed by atoms with van der Waals surface area (Å²) in [5.41, 5.74) is 0.768. The van der Waals surface area contributed by atoms with E-state index in [0.717, 1.165) is 5.56 Å². The minimum absolute atomic E-state index is 0.211. The molecule has 0 heterocycles. The first-order valence-corrected chi connectivity index (χ1v) is 7.33. The monoisotopic (exact) mass is 308 g/mol. The molecule has 1 atom stereocenters. The third kappa shape index (κ3) is 6.03. The molecular formula is C16H24N2O4. The van der Waals surface area contributed by atoms with Gasteiger partial charge in [0, 0.05) is 6.54 Å². The van der Waals surface area contributed by atoms with Crippen LogP contribution in [0.4, 0.5) is 4.79 Å². The van der Waals surface area contributed by atoms with E-state index in [1.165, 1.54) is 7.11 Å². The molecule has 3 N–H and O–H groups in total. The summed E-state index contributed by atoms with van der Waals surface area (Å²) >= 11 is 0. The van der Waals surface area contributed by atoms with Gasteiger partial charge >= 0.3 is 6.09 Å². The number of hydrogen-bond acceptors (Lipinski definition) is 4. The fourth-order valence-electron chi connectivity index (χ4n) is 2.07.